The van der Waals surface area contributed by atoms with Crippen molar-refractivity contribution < 1.29 is 23.6 Å². The molecule has 0 saturated carbocycles. The lowest BCUT2D eigenvalue weighted by Gasteiger charge is -2.23. The zero-order valence-electron chi connectivity index (χ0n) is 10.7. The van der Waals surface area contributed by atoms with Crippen molar-refractivity contribution in [1.29, 1.82) is 0 Å². The highest BCUT2D eigenvalue weighted by Crippen LogP contribution is 2.58. The second kappa shape index (κ2) is 4.54. The first-order valence-electron chi connectivity index (χ1n) is 6.29. The Balaban J connectivity index is 1.64. The smallest absolute Gasteiger partial charge is 0.382 e. The average Bonchev–Trinajstić information content (AvgIpc) is 3.01. The molecular formula is C10H13N5O5P+. The molecule has 2 saturated heterocycles. The lowest BCUT2D eigenvalue weighted by molar-refractivity contribution is -0.0748. The maximum Gasteiger partial charge on any atom is 0.570 e. The standard InChI is InChI=1S/C10H13N5O5P/c11-9-8-10(13-3-12-9)15(4-14-8)7-1-5-6(19-7)2-18-21(16,17)20-5/h3-7,16-17H,1-2H2,(H2,11,12,13)/q+1/t5-,6+,7?/m1/s1. The first-order chi connectivity index (χ1) is 10.0. The molecular weight excluding hydrogens is 301 g/mol. The Morgan fingerprint density at radius 1 is 1.29 bits per heavy atom. The van der Waals surface area contributed by atoms with Gasteiger partial charge in [0.15, 0.2) is 11.5 Å². The fourth-order valence-electron chi connectivity index (χ4n) is 2.59. The van der Waals surface area contributed by atoms with Gasteiger partial charge in [-0.15, -0.1) is 4.52 Å². The van der Waals surface area contributed by atoms with Crippen molar-refractivity contribution in [2.75, 3.05) is 12.3 Å². The molecule has 4 heterocycles. The molecule has 2 aromatic heterocycles. The molecule has 0 aliphatic carbocycles. The Morgan fingerprint density at radius 3 is 3.00 bits per heavy atom. The van der Waals surface area contributed by atoms with Gasteiger partial charge in [0.25, 0.3) is 0 Å². The quantitative estimate of drug-likeness (QED) is 0.609. The first-order valence-corrected chi connectivity index (χ1v) is 7.82. The highest BCUT2D eigenvalue weighted by Gasteiger charge is 2.55. The molecule has 4 rings (SSSR count). The predicted molar refractivity (Wildman–Crippen MR) is 70.4 cm³/mol. The van der Waals surface area contributed by atoms with Crippen LogP contribution >= 0.6 is 8.17 Å². The number of fused-ring (bicyclic) bond motifs is 2. The molecule has 2 aliphatic rings. The lowest BCUT2D eigenvalue weighted by Crippen LogP contribution is -2.34. The molecule has 2 aromatic rings. The predicted octanol–water partition coefficient (Wildman–Crippen LogP) is -0.226. The number of imidazole rings is 1. The fourth-order valence-corrected chi connectivity index (χ4v) is 3.57. The number of aromatic nitrogens is 4. The third kappa shape index (κ3) is 2.16. The third-order valence-electron chi connectivity index (χ3n) is 3.56. The van der Waals surface area contributed by atoms with Crippen molar-refractivity contribution in [1.82, 2.24) is 19.5 Å². The number of ether oxygens (including phenoxy) is 1. The molecule has 2 fully saturated rings. The van der Waals surface area contributed by atoms with Gasteiger partial charge in [-0.2, -0.15) is 14.3 Å². The van der Waals surface area contributed by atoms with Crippen LogP contribution < -0.4 is 5.73 Å². The molecule has 1 unspecified atom stereocenters. The molecule has 2 aliphatic heterocycles. The first kappa shape index (κ1) is 13.3. The van der Waals surface area contributed by atoms with Crippen LogP contribution in [0.15, 0.2) is 12.7 Å². The minimum atomic E-state index is -3.72. The van der Waals surface area contributed by atoms with Crippen LogP contribution in [0.5, 0.6) is 0 Å². The highest BCUT2D eigenvalue weighted by molar-refractivity contribution is 7.54. The van der Waals surface area contributed by atoms with Crippen molar-refractivity contribution in [3.8, 4) is 0 Å². The second-order valence-electron chi connectivity index (χ2n) is 4.88. The molecule has 3 atom stereocenters. The molecule has 10 nitrogen and oxygen atoms in total. The van der Waals surface area contributed by atoms with Crippen molar-refractivity contribution in [2.24, 2.45) is 0 Å². The molecule has 112 valence electrons. The molecule has 11 heteroatoms. The van der Waals surface area contributed by atoms with E-state index < -0.39 is 14.3 Å². The van der Waals surface area contributed by atoms with E-state index in [1.165, 1.54) is 6.33 Å². The van der Waals surface area contributed by atoms with Crippen LogP contribution in [0.4, 0.5) is 5.82 Å². The van der Waals surface area contributed by atoms with E-state index in [1.54, 1.807) is 10.9 Å². The van der Waals surface area contributed by atoms with Gasteiger partial charge in [-0.3, -0.25) is 4.57 Å². The van der Waals surface area contributed by atoms with Crippen LogP contribution in [0.2, 0.25) is 0 Å². The van der Waals surface area contributed by atoms with Crippen LogP contribution in [0.25, 0.3) is 11.2 Å². The Labute approximate surface area is 119 Å². The van der Waals surface area contributed by atoms with E-state index in [-0.39, 0.29) is 18.9 Å². The van der Waals surface area contributed by atoms with E-state index >= 15 is 0 Å². The van der Waals surface area contributed by atoms with Crippen LogP contribution in [0.3, 0.4) is 0 Å². The normalized spacial score (nSPS) is 31.4. The summed E-state index contributed by atoms with van der Waals surface area (Å²) < 4.78 is 17.5. The summed E-state index contributed by atoms with van der Waals surface area (Å²) in [5.74, 6) is 0.296. The van der Waals surface area contributed by atoms with E-state index in [4.69, 9.17) is 19.5 Å². The SMILES string of the molecule is Nc1ncnc2c1ncn2C1C[C@H]2O[P+](O)(O)OC[C@@H]2O1. The summed E-state index contributed by atoms with van der Waals surface area (Å²) in [5, 5.41) is 0. The van der Waals surface area contributed by atoms with E-state index in [2.05, 4.69) is 15.0 Å². The summed E-state index contributed by atoms with van der Waals surface area (Å²) in [4.78, 5) is 31.1. The Hall–Kier alpha value is -1.42. The molecule has 0 spiro atoms. The highest BCUT2D eigenvalue weighted by atomic mass is 31.2. The number of nitrogen functional groups attached to an aromatic ring is 1. The molecule has 0 amide bonds. The monoisotopic (exact) mass is 314 g/mol. The van der Waals surface area contributed by atoms with Gasteiger partial charge >= 0.3 is 8.17 Å². The van der Waals surface area contributed by atoms with Gasteiger partial charge in [0.2, 0.25) is 0 Å². The van der Waals surface area contributed by atoms with Crippen molar-refractivity contribution >= 4 is 25.2 Å². The average molecular weight is 314 g/mol. The number of nitrogens with two attached hydrogens (primary N) is 1. The van der Waals surface area contributed by atoms with E-state index in [0.29, 0.717) is 23.4 Å². The summed E-state index contributed by atoms with van der Waals surface area (Å²) >= 11 is 0. The van der Waals surface area contributed by atoms with Gasteiger partial charge in [0.1, 0.15) is 36.9 Å². The molecule has 21 heavy (non-hydrogen) atoms. The zero-order chi connectivity index (χ0) is 14.6. The van der Waals surface area contributed by atoms with E-state index in [9.17, 15) is 9.79 Å². The van der Waals surface area contributed by atoms with Gasteiger partial charge < -0.3 is 10.5 Å². The van der Waals surface area contributed by atoms with Crippen LogP contribution in [-0.4, -0.2) is 48.1 Å². The largest absolute Gasteiger partial charge is 0.570 e. The van der Waals surface area contributed by atoms with E-state index in [1.807, 2.05) is 0 Å². The molecule has 0 bridgehead atoms. The van der Waals surface area contributed by atoms with Gasteiger partial charge in [-0.05, 0) is 0 Å². The summed E-state index contributed by atoms with van der Waals surface area (Å²) in [5.41, 5.74) is 6.80. The van der Waals surface area contributed by atoms with Gasteiger partial charge in [0.05, 0.1) is 6.33 Å². The van der Waals surface area contributed by atoms with Gasteiger partial charge in [-0.1, -0.05) is 0 Å². The Morgan fingerprint density at radius 2 is 2.14 bits per heavy atom. The molecule has 4 N–H and O–H groups in total. The fraction of sp³-hybridized carbons (Fsp3) is 0.500. The zero-order valence-corrected chi connectivity index (χ0v) is 11.6. The molecule has 0 aromatic carbocycles. The number of rotatable bonds is 1. The van der Waals surface area contributed by atoms with Crippen molar-refractivity contribution in [3.63, 3.8) is 0 Å². The Kier molecular flexibility index (Phi) is 2.86. The number of hydrogen-bond acceptors (Lipinski definition) is 9. The van der Waals surface area contributed by atoms with Gasteiger partial charge in [-0.25, -0.2) is 15.0 Å². The second-order valence-corrected chi connectivity index (χ2v) is 6.33. The lowest BCUT2D eigenvalue weighted by atomic mass is 10.2. The topological polar surface area (TPSA) is 138 Å². The number of nitrogens with zero attached hydrogens (tertiary/aromatic N) is 4. The molecule has 0 radical (unpaired) electrons. The number of anilines is 1. The van der Waals surface area contributed by atoms with Crippen molar-refractivity contribution in [2.45, 2.75) is 24.9 Å². The number of hydrogen-bond donors (Lipinski definition) is 3. The van der Waals surface area contributed by atoms with Gasteiger partial charge in [0, 0.05) is 6.42 Å². The Bertz CT molecular complexity index is 694. The summed E-state index contributed by atoms with van der Waals surface area (Å²) in [7, 11) is -3.72. The van der Waals surface area contributed by atoms with Crippen molar-refractivity contribution in [3.05, 3.63) is 12.7 Å². The summed E-state index contributed by atoms with van der Waals surface area (Å²) in [6, 6.07) is 0. The maximum absolute atomic E-state index is 9.46. The van der Waals surface area contributed by atoms with Crippen LogP contribution in [0, 0.1) is 0 Å². The van der Waals surface area contributed by atoms with Crippen LogP contribution in [-0.2, 0) is 13.8 Å². The minimum absolute atomic E-state index is 0.0751. The summed E-state index contributed by atoms with van der Waals surface area (Å²) in [6.07, 6.45) is 2.17. The summed E-state index contributed by atoms with van der Waals surface area (Å²) in [6.45, 7) is 0.0751. The van der Waals surface area contributed by atoms with E-state index in [0.717, 1.165) is 0 Å². The third-order valence-corrected chi connectivity index (χ3v) is 4.59. The minimum Gasteiger partial charge on any atom is -0.382 e. The maximum atomic E-state index is 9.46. The van der Waals surface area contributed by atoms with Crippen LogP contribution in [0.1, 0.15) is 12.6 Å².